The molecule has 0 bridgehead atoms. The Labute approximate surface area is 232 Å². The SMILES string of the molecule is [2H]c1c([2H])c([C@]2([2H])C[C@H]2Nc2nc(SC([2H])([2H])C([2H])([2H])C)nc3c2nnn3[C@]2([2H])C([2H])([2H])[C@]([2H])(OCCO)[C@@]([2H])(O)[C@@]2([2H])O)c([2H])c(F)c1C. The average molecular weight is 533 g/mol. The Hall–Kier alpha value is -2.38. The Kier molecular flexibility index (Phi) is 3.93. The number of hydrogen-bond donors (Lipinski definition) is 4. The third kappa shape index (κ3) is 4.92. The van der Waals surface area contributed by atoms with E-state index in [0.29, 0.717) is 0 Å². The van der Waals surface area contributed by atoms with Crippen molar-refractivity contribution in [2.24, 2.45) is 0 Å². The van der Waals surface area contributed by atoms with Crippen LogP contribution in [0.4, 0.5) is 10.2 Å². The molecule has 0 aliphatic heterocycles. The summed E-state index contributed by atoms with van der Waals surface area (Å²) in [5.74, 6) is -3.43. The highest BCUT2D eigenvalue weighted by molar-refractivity contribution is 7.99. The maximum Gasteiger partial charge on any atom is 0.191 e. The Bertz CT molecular complexity index is 1860. The maximum atomic E-state index is 14.8. The maximum absolute atomic E-state index is 14.8. The fraction of sp³-hybridized carbons (Fsp3) is 0.583. The van der Waals surface area contributed by atoms with Crippen molar-refractivity contribution in [1.82, 2.24) is 25.0 Å². The lowest BCUT2D eigenvalue weighted by atomic mass is 10.1. The second kappa shape index (κ2) is 10.5. The second-order valence-corrected chi connectivity index (χ2v) is 8.44. The van der Waals surface area contributed by atoms with Gasteiger partial charge in [0.25, 0.3) is 0 Å². The van der Waals surface area contributed by atoms with Crippen LogP contribution in [0.15, 0.2) is 23.3 Å². The van der Waals surface area contributed by atoms with Crippen LogP contribution in [0.1, 0.15) is 68.3 Å². The molecule has 3 aromatic rings. The minimum atomic E-state index is -4.02. The molecular formula is C24H31FN6O4S. The lowest BCUT2D eigenvalue weighted by Gasteiger charge is -2.17. The van der Waals surface area contributed by atoms with Crippen LogP contribution in [0.5, 0.6) is 0 Å². The molecule has 4 N–H and O–H groups in total. The largest absolute Gasteiger partial charge is 0.394 e. The fourth-order valence-corrected chi connectivity index (χ4v) is 3.85. The number of thioether (sulfide) groups is 1. The van der Waals surface area contributed by atoms with Gasteiger partial charge in [0.05, 0.1) is 34.9 Å². The number of aromatic nitrogens is 5. The molecular weight excluding hydrogens is 487 g/mol. The van der Waals surface area contributed by atoms with E-state index in [1.165, 1.54) is 6.92 Å². The lowest BCUT2D eigenvalue weighted by molar-refractivity contribution is -0.0629. The molecule has 2 aliphatic rings. The first-order chi connectivity index (χ1) is 22.6. The van der Waals surface area contributed by atoms with Crippen LogP contribution in [0.2, 0.25) is 0 Å². The summed E-state index contributed by atoms with van der Waals surface area (Å²) in [7, 11) is 0. The molecule has 12 heteroatoms. The highest BCUT2D eigenvalue weighted by atomic mass is 32.2. The van der Waals surface area contributed by atoms with E-state index in [0.717, 1.165) is 6.92 Å². The standard InChI is InChI=1S/C24H31FN6O4S/c1-3-8-36-24-27-22(26-16-10-14(16)13-5-4-12(2)15(25)9-13)19-23(28-24)31(30-29-19)17-11-18(35-7-6-32)21(34)20(17)33/h4-5,9,14,16-18,20-21,32-34H,3,6-8,10-11H2,1-2H3,(H,26,27,28)/t14-,16+,17+,18-,20-,21+/m0/s1/i3D2,4D,5D,8D2,9D,11D2,14D,17D,18D,20D,21D. The molecule has 2 heterocycles. The molecule has 36 heavy (non-hydrogen) atoms. The molecule has 2 aromatic heterocycles. The van der Waals surface area contributed by atoms with Crippen molar-refractivity contribution in [2.75, 3.05) is 24.2 Å². The summed E-state index contributed by atoms with van der Waals surface area (Å²) < 4.78 is 138. The smallest absolute Gasteiger partial charge is 0.191 e. The van der Waals surface area contributed by atoms with Gasteiger partial charge in [0.1, 0.15) is 18.0 Å². The normalized spacial score (nSPS) is 45.7. The highest BCUT2D eigenvalue weighted by Crippen LogP contribution is 2.44. The van der Waals surface area contributed by atoms with E-state index >= 15 is 0 Å². The molecule has 0 spiro atoms. The van der Waals surface area contributed by atoms with E-state index in [-0.39, 0.29) is 28.4 Å². The molecule has 5 rings (SSSR count). The molecule has 0 radical (unpaired) electrons. The highest BCUT2D eigenvalue weighted by Gasteiger charge is 2.45. The number of fused-ring (bicyclic) bond motifs is 1. The summed E-state index contributed by atoms with van der Waals surface area (Å²) in [5, 5.41) is 41.0. The third-order valence-electron chi connectivity index (χ3n) is 5.22. The topological polar surface area (TPSA) is 138 Å². The number of rotatable bonds is 10. The number of aliphatic hydroxyl groups is 3. The summed E-state index contributed by atoms with van der Waals surface area (Å²) in [4.78, 5) is 8.21. The van der Waals surface area contributed by atoms with Gasteiger partial charge in [-0.1, -0.05) is 36.0 Å². The molecule has 10 nitrogen and oxygen atoms in total. The second-order valence-electron chi connectivity index (χ2n) is 7.67. The molecule has 2 fully saturated rings. The average Bonchev–Trinajstić information content (AvgIpc) is 3.42. The number of ether oxygens (including phenoxy) is 1. The van der Waals surface area contributed by atoms with Gasteiger partial charge < -0.3 is 25.4 Å². The van der Waals surface area contributed by atoms with Crippen LogP contribution in [-0.2, 0) is 4.74 Å². The van der Waals surface area contributed by atoms with Crippen LogP contribution in [0, 0.1) is 12.7 Å². The van der Waals surface area contributed by atoms with Gasteiger partial charge in [-0.2, -0.15) is 0 Å². The van der Waals surface area contributed by atoms with Crippen LogP contribution in [-0.4, -0.2) is 83.5 Å². The van der Waals surface area contributed by atoms with Crippen LogP contribution < -0.4 is 5.32 Å². The molecule has 6 atom stereocenters. The van der Waals surface area contributed by atoms with Gasteiger partial charge in [-0.15, -0.1) is 5.10 Å². The molecule has 194 valence electrons. The minimum Gasteiger partial charge on any atom is -0.394 e. The zero-order chi connectivity index (χ0) is 38.0. The Morgan fingerprint density at radius 2 is 2.22 bits per heavy atom. The van der Waals surface area contributed by atoms with Crippen molar-refractivity contribution in [3.63, 3.8) is 0 Å². The Morgan fingerprint density at radius 1 is 1.39 bits per heavy atom. The van der Waals surface area contributed by atoms with Crippen molar-refractivity contribution in [1.29, 1.82) is 0 Å². The van der Waals surface area contributed by atoms with Gasteiger partial charge in [-0.3, -0.25) is 0 Å². The van der Waals surface area contributed by atoms with Crippen LogP contribution >= 0.6 is 11.8 Å². The van der Waals surface area contributed by atoms with Crippen molar-refractivity contribution >= 4 is 28.7 Å². The van der Waals surface area contributed by atoms with E-state index in [4.69, 9.17) is 23.9 Å². The summed E-state index contributed by atoms with van der Waals surface area (Å²) in [5.41, 5.74) is -4.72. The van der Waals surface area contributed by atoms with Gasteiger partial charge in [0, 0.05) is 33.6 Å². The minimum absolute atomic E-state index is 0.106. The number of aliphatic hydroxyl groups excluding tert-OH is 1. The van der Waals surface area contributed by atoms with Gasteiger partial charge in [-0.05, 0) is 36.9 Å². The van der Waals surface area contributed by atoms with E-state index in [2.05, 4.69) is 25.6 Å². The van der Waals surface area contributed by atoms with E-state index in [1.807, 2.05) is 0 Å². The summed E-state index contributed by atoms with van der Waals surface area (Å²) in [6, 6.07) is -6.71. The summed E-state index contributed by atoms with van der Waals surface area (Å²) >= 11 is 0.106. The number of nitrogens with one attached hydrogen (secondary N) is 1. The van der Waals surface area contributed by atoms with Crippen molar-refractivity contribution in [2.45, 2.75) is 74.4 Å². The number of hydrogen-bond acceptors (Lipinski definition) is 10. The fourth-order valence-electron chi connectivity index (χ4n) is 3.39. The van der Waals surface area contributed by atoms with Crippen molar-refractivity contribution in [3.05, 3.63) is 35.1 Å². The molecule has 0 amide bonds. The first-order valence-electron chi connectivity index (χ1n) is 17.7. The zero-order valence-corrected chi connectivity index (χ0v) is 19.8. The Morgan fingerprint density at radius 3 is 3.00 bits per heavy atom. The molecule has 2 saturated carbocycles. The number of nitrogens with zero attached hydrogens (tertiary/aromatic N) is 5. The van der Waals surface area contributed by atoms with Crippen molar-refractivity contribution < 1.29 is 43.6 Å². The molecule has 0 saturated heterocycles. The van der Waals surface area contributed by atoms with Crippen LogP contribution in [0.3, 0.4) is 0 Å². The predicted molar refractivity (Wildman–Crippen MR) is 133 cm³/mol. The van der Waals surface area contributed by atoms with E-state index in [9.17, 15) is 19.7 Å². The molecule has 1 aromatic carbocycles. The number of anilines is 1. The van der Waals surface area contributed by atoms with E-state index < -0.39 is 120 Å². The monoisotopic (exact) mass is 532 g/mol. The first-order valence-corrected chi connectivity index (χ1v) is 11.5. The lowest BCUT2D eigenvalue weighted by Crippen LogP contribution is -2.33. The first kappa shape index (κ1) is 13.4. The summed E-state index contributed by atoms with van der Waals surface area (Å²) in [6.45, 7) is 0.407. The van der Waals surface area contributed by atoms with Gasteiger partial charge in [0.15, 0.2) is 22.1 Å². The quantitative estimate of drug-likeness (QED) is 0.227. The Balaban J connectivity index is 1.71. The van der Waals surface area contributed by atoms with Crippen molar-refractivity contribution in [3.8, 4) is 0 Å². The third-order valence-corrected chi connectivity index (χ3v) is 5.90. The number of benzene rings is 1. The van der Waals surface area contributed by atoms with Crippen LogP contribution in [0.25, 0.3) is 11.2 Å². The molecule has 2 aliphatic carbocycles. The van der Waals surface area contributed by atoms with E-state index in [1.54, 1.807) is 0 Å². The summed E-state index contributed by atoms with van der Waals surface area (Å²) in [6.07, 6.45) is -18.1. The number of halogens is 1. The zero-order valence-electron chi connectivity index (χ0n) is 33.0. The van der Waals surface area contributed by atoms with Gasteiger partial charge >= 0.3 is 0 Å². The molecule has 0 unspecified atom stereocenters. The predicted octanol–water partition coefficient (Wildman–Crippen LogP) is 2.18. The van der Waals surface area contributed by atoms with Gasteiger partial charge in [-0.25, -0.2) is 19.0 Å². The van der Waals surface area contributed by atoms with Gasteiger partial charge in [0.2, 0.25) is 0 Å².